The highest BCUT2D eigenvalue weighted by atomic mass is 79.9. The Labute approximate surface area is 108 Å². The van der Waals surface area contributed by atoms with Crippen LogP contribution in [0, 0.1) is 11.7 Å². The maximum atomic E-state index is 13.8. The van der Waals surface area contributed by atoms with Crippen LogP contribution in [0.15, 0.2) is 22.7 Å². The molecular weight excluding hydrogens is 294 g/mol. The molecule has 0 aromatic heterocycles. The van der Waals surface area contributed by atoms with E-state index in [-0.39, 0.29) is 5.92 Å². The molecule has 88 valence electrons. The van der Waals surface area contributed by atoms with Gasteiger partial charge in [0.05, 0.1) is 5.41 Å². The van der Waals surface area contributed by atoms with Gasteiger partial charge in [-0.15, -0.1) is 0 Å². The first-order chi connectivity index (χ1) is 7.30. The summed E-state index contributed by atoms with van der Waals surface area (Å²) in [5, 5.41) is -0.538. The van der Waals surface area contributed by atoms with Crippen LogP contribution in [0.5, 0.6) is 0 Å². The monoisotopic (exact) mass is 306 g/mol. The summed E-state index contributed by atoms with van der Waals surface area (Å²) in [6.45, 7) is 5.36. The minimum Gasteiger partial charge on any atom is -0.280 e. The Morgan fingerprint density at radius 1 is 1.50 bits per heavy atom. The van der Waals surface area contributed by atoms with Crippen molar-refractivity contribution in [1.82, 2.24) is 0 Å². The Morgan fingerprint density at radius 2 is 2.06 bits per heavy atom. The SMILES string of the molecule is CC(C)C(C)(C(=O)Cl)c1ccc(Br)cc1F. The van der Waals surface area contributed by atoms with Gasteiger partial charge in [0.2, 0.25) is 5.24 Å². The first kappa shape index (κ1) is 13.7. The largest absolute Gasteiger partial charge is 0.280 e. The van der Waals surface area contributed by atoms with Gasteiger partial charge in [-0.25, -0.2) is 4.39 Å². The topological polar surface area (TPSA) is 17.1 Å². The summed E-state index contributed by atoms with van der Waals surface area (Å²) in [7, 11) is 0. The fraction of sp³-hybridized carbons (Fsp3) is 0.417. The Kier molecular flexibility index (Phi) is 4.13. The molecule has 1 aromatic carbocycles. The van der Waals surface area contributed by atoms with Gasteiger partial charge in [0.15, 0.2) is 0 Å². The standard InChI is InChI=1S/C12H13BrClFO/c1-7(2)12(3,11(14)16)9-5-4-8(13)6-10(9)15/h4-7H,1-3H3. The van der Waals surface area contributed by atoms with Crippen molar-refractivity contribution >= 4 is 32.8 Å². The van der Waals surface area contributed by atoms with Crippen molar-refractivity contribution in [3.8, 4) is 0 Å². The number of rotatable bonds is 3. The van der Waals surface area contributed by atoms with E-state index >= 15 is 0 Å². The number of hydrogen-bond donors (Lipinski definition) is 0. The highest BCUT2D eigenvalue weighted by Crippen LogP contribution is 2.36. The second kappa shape index (κ2) is 4.84. The molecule has 0 bridgehead atoms. The average molecular weight is 308 g/mol. The van der Waals surface area contributed by atoms with E-state index in [0.29, 0.717) is 10.0 Å². The van der Waals surface area contributed by atoms with Gasteiger partial charge in [-0.1, -0.05) is 35.8 Å². The Balaban J connectivity index is 3.38. The smallest absolute Gasteiger partial charge is 0.232 e. The summed E-state index contributed by atoms with van der Waals surface area (Å²) in [5.41, 5.74) is -0.655. The number of halogens is 3. The number of hydrogen-bond acceptors (Lipinski definition) is 1. The Hall–Kier alpha value is -0.410. The third-order valence-electron chi connectivity index (χ3n) is 3.05. The molecule has 0 fully saturated rings. The van der Waals surface area contributed by atoms with Crippen molar-refractivity contribution in [1.29, 1.82) is 0 Å². The first-order valence-corrected chi connectivity index (χ1v) is 6.12. The first-order valence-electron chi connectivity index (χ1n) is 4.95. The van der Waals surface area contributed by atoms with Crippen LogP contribution in [0.3, 0.4) is 0 Å². The molecule has 1 nitrogen and oxygen atoms in total. The molecule has 1 aromatic rings. The van der Waals surface area contributed by atoms with E-state index in [9.17, 15) is 9.18 Å². The van der Waals surface area contributed by atoms with E-state index < -0.39 is 16.5 Å². The lowest BCUT2D eigenvalue weighted by Crippen LogP contribution is -2.36. The molecule has 0 saturated carbocycles. The molecule has 0 heterocycles. The van der Waals surface area contributed by atoms with Crippen molar-refractivity contribution in [3.63, 3.8) is 0 Å². The fourth-order valence-corrected chi connectivity index (χ4v) is 2.21. The average Bonchev–Trinajstić information content (AvgIpc) is 2.15. The number of carbonyl (C=O) groups is 1. The van der Waals surface area contributed by atoms with Crippen LogP contribution >= 0.6 is 27.5 Å². The molecule has 0 aliphatic heterocycles. The van der Waals surface area contributed by atoms with Gasteiger partial charge in [-0.3, -0.25) is 4.79 Å². The van der Waals surface area contributed by atoms with Crippen LogP contribution in [0.2, 0.25) is 0 Å². The second-order valence-electron chi connectivity index (χ2n) is 4.25. The lowest BCUT2D eigenvalue weighted by molar-refractivity contribution is -0.117. The Bertz CT molecular complexity index is 419. The minimum absolute atomic E-state index is 0.0758. The van der Waals surface area contributed by atoms with Gasteiger partial charge in [-0.05, 0) is 36.6 Å². The van der Waals surface area contributed by atoms with Crippen molar-refractivity contribution in [3.05, 3.63) is 34.1 Å². The van der Waals surface area contributed by atoms with E-state index in [2.05, 4.69) is 15.9 Å². The van der Waals surface area contributed by atoms with E-state index in [1.54, 1.807) is 19.1 Å². The normalized spacial score (nSPS) is 14.9. The number of benzene rings is 1. The van der Waals surface area contributed by atoms with Gasteiger partial charge in [-0.2, -0.15) is 0 Å². The van der Waals surface area contributed by atoms with Gasteiger partial charge in [0.25, 0.3) is 0 Å². The fourth-order valence-electron chi connectivity index (χ4n) is 1.55. The molecule has 1 atom stereocenters. The summed E-state index contributed by atoms with van der Waals surface area (Å²) in [6, 6.07) is 4.65. The molecule has 0 spiro atoms. The van der Waals surface area contributed by atoms with E-state index in [1.807, 2.05) is 13.8 Å². The molecular formula is C12H13BrClFO. The second-order valence-corrected chi connectivity index (χ2v) is 5.51. The van der Waals surface area contributed by atoms with Crippen LogP contribution in [-0.2, 0) is 10.2 Å². The molecule has 0 radical (unpaired) electrons. The van der Waals surface area contributed by atoms with Crippen LogP contribution in [-0.4, -0.2) is 5.24 Å². The van der Waals surface area contributed by atoms with Crippen LogP contribution in [0.25, 0.3) is 0 Å². The summed E-state index contributed by atoms with van der Waals surface area (Å²) in [6.07, 6.45) is 0. The molecule has 16 heavy (non-hydrogen) atoms. The molecule has 1 rings (SSSR count). The zero-order chi connectivity index (χ0) is 12.5. The highest BCUT2D eigenvalue weighted by Gasteiger charge is 2.39. The van der Waals surface area contributed by atoms with Crippen LogP contribution in [0.4, 0.5) is 4.39 Å². The van der Waals surface area contributed by atoms with Gasteiger partial charge in [0.1, 0.15) is 5.82 Å². The van der Waals surface area contributed by atoms with Crippen molar-refractivity contribution in [2.75, 3.05) is 0 Å². The van der Waals surface area contributed by atoms with Crippen molar-refractivity contribution < 1.29 is 9.18 Å². The van der Waals surface area contributed by atoms with Crippen LogP contribution in [0.1, 0.15) is 26.3 Å². The third kappa shape index (κ3) is 2.30. The summed E-state index contributed by atoms with van der Waals surface area (Å²) < 4.78 is 14.5. The molecule has 0 amide bonds. The summed E-state index contributed by atoms with van der Waals surface area (Å²) in [4.78, 5) is 11.5. The van der Waals surface area contributed by atoms with Gasteiger partial charge < -0.3 is 0 Å². The van der Waals surface area contributed by atoms with Gasteiger partial charge >= 0.3 is 0 Å². The zero-order valence-electron chi connectivity index (χ0n) is 9.35. The molecule has 0 aliphatic rings. The molecule has 0 aliphatic carbocycles. The van der Waals surface area contributed by atoms with E-state index in [0.717, 1.165) is 0 Å². The lowest BCUT2D eigenvalue weighted by atomic mass is 9.74. The lowest BCUT2D eigenvalue weighted by Gasteiger charge is -2.30. The Morgan fingerprint density at radius 3 is 2.44 bits per heavy atom. The summed E-state index contributed by atoms with van der Waals surface area (Å²) in [5.74, 6) is -0.493. The predicted molar refractivity (Wildman–Crippen MR) is 67.2 cm³/mol. The zero-order valence-corrected chi connectivity index (χ0v) is 11.7. The van der Waals surface area contributed by atoms with E-state index in [4.69, 9.17) is 11.6 Å². The highest BCUT2D eigenvalue weighted by molar-refractivity contribution is 9.10. The molecule has 0 N–H and O–H groups in total. The maximum absolute atomic E-state index is 13.8. The van der Waals surface area contributed by atoms with E-state index in [1.165, 1.54) is 6.07 Å². The summed E-state index contributed by atoms with van der Waals surface area (Å²) >= 11 is 8.79. The van der Waals surface area contributed by atoms with Gasteiger partial charge in [0, 0.05) is 10.0 Å². The number of carbonyl (C=O) groups excluding carboxylic acids is 1. The van der Waals surface area contributed by atoms with Crippen molar-refractivity contribution in [2.45, 2.75) is 26.2 Å². The predicted octanol–water partition coefficient (Wildman–Crippen LogP) is 4.27. The minimum atomic E-state index is -0.994. The molecule has 4 heteroatoms. The third-order valence-corrected chi connectivity index (χ3v) is 3.94. The van der Waals surface area contributed by atoms with Crippen molar-refractivity contribution in [2.24, 2.45) is 5.92 Å². The van der Waals surface area contributed by atoms with Crippen LogP contribution < -0.4 is 0 Å². The molecule has 0 saturated heterocycles. The molecule has 1 unspecified atom stereocenters. The quantitative estimate of drug-likeness (QED) is 0.762. The maximum Gasteiger partial charge on any atom is 0.232 e.